The zero-order valence-corrected chi connectivity index (χ0v) is 19.2. The minimum absolute atomic E-state index is 0.129. The predicted octanol–water partition coefficient (Wildman–Crippen LogP) is 3.66. The van der Waals surface area contributed by atoms with Crippen LogP contribution in [0, 0.1) is 0 Å². The minimum atomic E-state index is 0.129. The molecule has 2 aromatic heterocycles. The van der Waals surface area contributed by atoms with Gasteiger partial charge in [0.25, 0.3) is 5.91 Å². The van der Waals surface area contributed by atoms with E-state index in [1.54, 1.807) is 6.20 Å². The molecule has 0 spiro atoms. The minimum Gasteiger partial charge on any atom is -0.362 e. The third-order valence-corrected chi connectivity index (χ3v) is 7.02. The Balaban J connectivity index is 1.38. The summed E-state index contributed by atoms with van der Waals surface area (Å²) in [5.74, 6) is 1.53. The molecule has 2 aromatic rings. The third kappa shape index (κ3) is 4.92. The number of hydrogen-bond acceptors (Lipinski definition) is 5. The van der Waals surface area contributed by atoms with Crippen molar-refractivity contribution in [2.45, 2.75) is 63.5 Å². The molecule has 4 rings (SSSR count). The number of amides is 1. The van der Waals surface area contributed by atoms with E-state index >= 15 is 0 Å². The molecule has 1 saturated carbocycles. The Morgan fingerprint density at radius 2 is 1.87 bits per heavy atom. The standard InChI is InChI=1S/C24H36N6O/c1-28(2)23-19(8-7-13-25-23)17-30-14-11-18(12-15-30)22-21(16-26-27-22)24(31)29(3)20-9-5-4-6-10-20/h7-8,13,16,18,20H,4-6,9-12,14-15,17H2,1-3H3,(H,26,27). The number of likely N-dealkylation sites (tertiary alicyclic amines) is 1. The molecular formula is C24H36N6O. The van der Waals surface area contributed by atoms with Crippen LogP contribution >= 0.6 is 0 Å². The molecule has 7 heteroatoms. The topological polar surface area (TPSA) is 68.4 Å². The summed E-state index contributed by atoms with van der Waals surface area (Å²) in [6.45, 7) is 2.93. The predicted molar refractivity (Wildman–Crippen MR) is 123 cm³/mol. The first-order valence-corrected chi connectivity index (χ1v) is 11.7. The molecule has 0 unspecified atom stereocenters. The molecule has 7 nitrogen and oxygen atoms in total. The van der Waals surface area contributed by atoms with Crippen LogP contribution in [-0.2, 0) is 6.54 Å². The van der Waals surface area contributed by atoms with Crippen LogP contribution in [0.1, 0.15) is 72.5 Å². The van der Waals surface area contributed by atoms with Gasteiger partial charge in [-0.15, -0.1) is 0 Å². The quantitative estimate of drug-likeness (QED) is 0.767. The van der Waals surface area contributed by atoms with Gasteiger partial charge >= 0.3 is 0 Å². The Bertz CT molecular complexity index is 864. The molecule has 1 aliphatic carbocycles. The number of pyridine rings is 1. The van der Waals surface area contributed by atoms with Crippen molar-refractivity contribution in [3.05, 3.63) is 41.3 Å². The largest absolute Gasteiger partial charge is 0.362 e. The second-order valence-electron chi connectivity index (χ2n) is 9.34. The molecule has 1 aliphatic heterocycles. The van der Waals surface area contributed by atoms with Gasteiger partial charge in [0.2, 0.25) is 0 Å². The number of rotatable bonds is 6. The number of nitrogens with zero attached hydrogens (tertiary/aromatic N) is 5. The van der Waals surface area contributed by atoms with Crippen molar-refractivity contribution < 1.29 is 4.79 Å². The van der Waals surface area contributed by atoms with E-state index < -0.39 is 0 Å². The van der Waals surface area contributed by atoms with Crippen LogP contribution in [0.2, 0.25) is 0 Å². The maximum atomic E-state index is 13.2. The highest BCUT2D eigenvalue weighted by molar-refractivity contribution is 5.95. The van der Waals surface area contributed by atoms with Crippen molar-refractivity contribution in [3.8, 4) is 0 Å². The van der Waals surface area contributed by atoms with Gasteiger partial charge in [0.15, 0.2) is 0 Å². The number of H-pyrrole nitrogens is 1. The van der Waals surface area contributed by atoms with E-state index in [-0.39, 0.29) is 5.91 Å². The summed E-state index contributed by atoms with van der Waals surface area (Å²) < 4.78 is 0. The highest BCUT2D eigenvalue weighted by Gasteiger charge is 2.30. The van der Waals surface area contributed by atoms with E-state index in [0.29, 0.717) is 12.0 Å². The second-order valence-corrected chi connectivity index (χ2v) is 9.34. The molecule has 168 valence electrons. The highest BCUT2D eigenvalue weighted by atomic mass is 16.2. The van der Waals surface area contributed by atoms with E-state index in [1.807, 2.05) is 38.3 Å². The van der Waals surface area contributed by atoms with Gasteiger partial charge in [-0.05, 0) is 44.8 Å². The van der Waals surface area contributed by atoms with Crippen molar-refractivity contribution >= 4 is 11.7 Å². The maximum Gasteiger partial charge on any atom is 0.257 e. The van der Waals surface area contributed by atoms with Gasteiger partial charge in [0.1, 0.15) is 5.82 Å². The van der Waals surface area contributed by atoms with Gasteiger partial charge in [-0.1, -0.05) is 25.3 Å². The fourth-order valence-electron chi connectivity index (χ4n) is 5.18. The van der Waals surface area contributed by atoms with E-state index in [0.717, 1.165) is 62.4 Å². The number of carbonyl (C=O) groups excluding carboxylic acids is 1. The number of hydrogen-bond donors (Lipinski definition) is 1. The van der Waals surface area contributed by atoms with E-state index in [9.17, 15) is 4.79 Å². The summed E-state index contributed by atoms with van der Waals surface area (Å²) in [6.07, 6.45) is 11.7. The summed E-state index contributed by atoms with van der Waals surface area (Å²) in [4.78, 5) is 24.3. The number of aromatic amines is 1. The first-order chi connectivity index (χ1) is 15.0. The number of carbonyl (C=O) groups is 1. The molecule has 1 saturated heterocycles. The number of piperidine rings is 1. The van der Waals surface area contributed by atoms with Gasteiger partial charge in [-0.2, -0.15) is 5.10 Å². The molecule has 1 amide bonds. The summed E-state index contributed by atoms with van der Waals surface area (Å²) in [6, 6.07) is 4.55. The lowest BCUT2D eigenvalue weighted by Crippen LogP contribution is -2.39. The van der Waals surface area contributed by atoms with Crippen LogP contribution in [0.4, 0.5) is 5.82 Å². The van der Waals surface area contributed by atoms with Gasteiger partial charge in [-0.25, -0.2) is 4.98 Å². The lowest BCUT2D eigenvalue weighted by Gasteiger charge is -2.33. The smallest absolute Gasteiger partial charge is 0.257 e. The lowest BCUT2D eigenvalue weighted by molar-refractivity contribution is 0.0694. The molecule has 3 heterocycles. The van der Waals surface area contributed by atoms with E-state index in [1.165, 1.54) is 24.8 Å². The monoisotopic (exact) mass is 424 g/mol. The van der Waals surface area contributed by atoms with Gasteiger partial charge in [-0.3, -0.25) is 14.8 Å². The van der Waals surface area contributed by atoms with Crippen LogP contribution < -0.4 is 4.90 Å². The van der Waals surface area contributed by atoms with Crippen molar-refractivity contribution in [1.82, 2.24) is 25.0 Å². The average Bonchev–Trinajstić information content (AvgIpc) is 3.29. The third-order valence-electron chi connectivity index (χ3n) is 7.02. The molecule has 0 aromatic carbocycles. The Kier molecular flexibility index (Phi) is 6.90. The van der Waals surface area contributed by atoms with E-state index in [4.69, 9.17) is 0 Å². The maximum absolute atomic E-state index is 13.2. The molecule has 31 heavy (non-hydrogen) atoms. The summed E-state index contributed by atoms with van der Waals surface area (Å²) in [5.41, 5.74) is 3.06. The molecule has 1 N–H and O–H groups in total. The molecule has 0 radical (unpaired) electrons. The first kappa shape index (κ1) is 21.8. The van der Waals surface area contributed by atoms with Crippen molar-refractivity contribution in [2.75, 3.05) is 39.1 Å². The SMILES string of the molecule is CN(C)c1ncccc1CN1CCC(c2[nH]ncc2C(=O)N(C)C2CCCCC2)CC1. The summed E-state index contributed by atoms with van der Waals surface area (Å²) in [5, 5.41) is 7.43. The highest BCUT2D eigenvalue weighted by Crippen LogP contribution is 2.31. The summed E-state index contributed by atoms with van der Waals surface area (Å²) >= 11 is 0. The molecule has 0 bridgehead atoms. The fraction of sp³-hybridized carbons (Fsp3) is 0.625. The van der Waals surface area contributed by atoms with Crippen molar-refractivity contribution in [1.29, 1.82) is 0 Å². The first-order valence-electron chi connectivity index (χ1n) is 11.7. The van der Waals surface area contributed by atoms with Crippen LogP contribution in [0.5, 0.6) is 0 Å². The molecular weight excluding hydrogens is 388 g/mol. The molecule has 2 aliphatic rings. The molecule has 0 atom stereocenters. The fourth-order valence-corrected chi connectivity index (χ4v) is 5.18. The Labute approximate surface area is 185 Å². The van der Waals surface area contributed by atoms with E-state index in [2.05, 4.69) is 31.0 Å². The number of nitrogens with one attached hydrogen (secondary N) is 1. The Hall–Kier alpha value is -2.41. The second kappa shape index (κ2) is 9.81. The normalized spacial score (nSPS) is 18.8. The van der Waals surface area contributed by atoms with Gasteiger partial charge in [0.05, 0.1) is 17.5 Å². The van der Waals surface area contributed by atoms with Crippen LogP contribution in [-0.4, -0.2) is 71.2 Å². The average molecular weight is 425 g/mol. The number of anilines is 1. The van der Waals surface area contributed by atoms with Gasteiger partial charge in [0, 0.05) is 51.4 Å². The Morgan fingerprint density at radius 3 is 2.58 bits per heavy atom. The number of aromatic nitrogens is 3. The zero-order valence-electron chi connectivity index (χ0n) is 19.2. The van der Waals surface area contributed by atoms with Crippen molar-refractivity contribution in [3.63, 3.8) is 0 Å². The molecule has 2 fully saturated rings. The van der Waals surface area contributed by atoms with Gasteiger partial charge < -0.3 is 9.80 Å². The van der Waals surface area contributed by atoms with Crippen LogP contribution in [0.3, 0.4) is 0 Å². The van der Waals surface area contributed by atoms with Crippen LogP contribution in [0.15, 0.2) is 24.5 Å². The Morgan fingerprint density at radius 1 is 1.13 bits per heavy atom. The van der Waals surface area contributed by atoms with Crippen LogP contribution in [0.25, 0.3) is 0 Å². The summed E-state index contributed by atoms with van der Waals surface area (Å²) in [7, 11) is 6.05. The van der Waals surface area contributed by atoms with Crippen molar-refractivity contribution in [2.24, 2.45) is 0 Å². The lowest BCUT2D eigenvalue weighted by atomic mass is 9.90. The zero-order chi connectivity index (χ0) is 21.8.